The lowest BCUT2D eigenvalue weighted by Crippen LogP contribution is -2.24. The monoisotopic (exact) mass is 245 g/mol. The fraction of sp³-hybridized carbons (Fsp3) is 0.0769. The summed E-state index contributed by atoms with van der Waals surface area (Å²) in [5, 5.41) is 17.9. The standard InChI is InChI=1S/C13H11NO4/c15-10-5-3-9(4-6-10)11-2-1-7-14(13(11)18)8-12(16)17/h1-7,15H,8H2,(H,16,17). The van der Waals surface area contributed by atoms with Gasteiger partial charge < -0.3 is 14.8 Å². The largest absolute Gasteiger partial charge is 0.508 e. The molecule has 0 atom stereocenters. The summed E-state index contributed by atoms with van der Waals surface area (Å²) in [5.41, 5.74) is 0.668. The number of aliphatic carboxylic acids is 1. The maximum atomic E-state index is 12.0. The number of carboxylic acids is 1. The van der Waals surface area contributed by atoms with Crippen molar-refractivity contribution in [1.82, 2.24) is 4.57 Å². The highest BCUT2D eigenvalue weighted by Gasteiger charge is 2.07. The summed E-state index contributed by atoms with van der Waals surface area (Å²) >= 11 is 0. The molecule has 5 heteroatoms. The summed E-state index contributed by atoms with van der Waals surface area (Å²) < 4.78 is 1.13. The summed E-state index contributed by atoms with van der Waals surface area (Å²) in [6.45, 7) is -0.370. The Hall–Kier alpha value is -2.56. The number of aromatic hydroxyl groups is 1. The first kappa shape index (κ1) is 11.9. The average molecular weight is 245 g/mol. The normalized spacial score (nSPS) is 10.2. The van der Waals surface area contributed by atoms with Crippen molar-refractivity contribution in [2.75, 3.05) is 0 Å². The molecule has 5 nitrogen and oxygen atoms in total. The second-order valence-corrected chi connectivity index (χ2v) is 3.80. The zero-order valence-corrected chi connectivity index (χ0v) is 9.41. The highest BCUT2D eigenvalue weighted by atomic mass is 16.4. The predicted octanol–water partition coefficient (Wildman–Crippen LogP) is 1.31. The number of benzene rings is 1. The number of nitrogens with zero attached hydrogens (tertiary/aromatic N) is 1. The van der Waals surface area contributed by atoms with E-state index in [1.165, 1.54) is 18.3 Å². The van der Waals surface area contributed by atoms with Crippen LogP contribution < -0.4 is 5.56 Å². The second kappa shape index (κ2) is 4.75. The van der Waals surface area contributed by atoms with Crippen LogP contribution in [-0.4, -0.2) is 20.7 Å². The zero-order chi connectivity index (χ0) is 13.1. The molecule has 0 unspecified atom stereocenters. The molecule has 2 N–H and O–H groups in total. The van der Waals surface area contributed by atoms with E-state index in [2.05, 4.69) is 0 Å². The van der Waals surface area contributed by atoms with E-state index in [0.29, 0.717) is 11.1 Å². The molecule has 0 bridgehead atoms. The van der Waals surface area contributed by atoms with E-state index in [9.17, 15) is 14.7 Å². The minimum atomic E-state index is -1.07. The number of aromatic nitrogens is 1. The van der Waals surface area contributed by atoms with Crippen molar-refractivity contribution in [3.8, 4) is 16.9 Å². The van der Waals surface area contributed by atoms with Gasteiger partial charge in [0, 0.05) is 11.8 Å². The Bertz CT molecular complexity index is 628. The van der Waals surface area contributed by atoms with E-state index < -0.39 is 5.97 Å². The Labute approximate surface area is 103 Å². The van der Waals surface area contributed by atoms with E-state index in [-0.39, 0.29) is 17.9 Å². The van der Waals surface area contributed by atoms with Crippen LogP contribution in [0, 0.1) is 0 Å². The first-order chi connectivity index (χ1) is 8.58. The summed E-state index contributed by atoms with van der Waals surface area (Å²) in [4.78, 5) is 22.6. The molecule has 1 heterocycles. The molecule has 1 aromatic heterocycles. The van der Waals surface area contributed by atoms with Crippen molar-refractivity contribution in [1.29, 1.82) is 0 Å². The zero-order valence-electron chi connectivity index (χ0n) is 9.41. The first-order valence-electron chi connectivity index (χ1n) is 5.28. The number of carboxylic acid groups (broad SMARTS) is 1. The Kier molecular flexibility index (Phi) is 3.14. The van der Waals surface area contributed by atoms with Crippen LogP contribution in [0.15, 0.2) is 47.4 Å². The third kappa shape index (κ3) is 2.40. The Morgan fingerprint density at radius 1 is 1.17 bits per heavy atom. The van der Waals surface area contributed by atoms with Crippen molar-refractivity contribution in [2.24, 2.45) is 0 Å². The molecule has 0 spiro atoms. The van der Waals surface area contributed by atoms with E-state index in [1.54, 1.807) is 24.3 Å². The van der Waals surface area contributed by atoms with Crippen molar-refractivity contribution >= 4 is 5.97 Å². The molecule has 0 aliphatic carbocycles. The molecule has 1 aromatic carbocycles. The van der Waals surface area contributed by atoms with Crippen LogP contribution in [-0.2, 0) is 11.3 Å². The van der Waals surface area contributed by atoms with E-state index >= 15 is 0 Å². The van der Waals surface area contributed by atoms with Gasteiger partial charge in [0.15, 0.2) is 0 Å². The lowest BCUT2D eigenvalue weighted by atomic mass is 10.1. The van der Waals surface area contributed by atoms with Gasteiger partial charge in [-0.2, -0.15) is 0 Å². The average Bonchev–Trinajstić information content (AvgIpc) is 2.33. The van der Waals surface area contributed by atoms with Crippen LogP contribution in [0.2, 0.25) is 0 Å². The molecule has 0 amide bonds. The van der Waals surface area contributed by atoms with E-state index in [4.69, 9.17) is 5.11 Å². The molecule has 0 aliphatic heterocycles. The highest BCUT2D eigenvalue weighted by Crippen LogP contribution is 2.18. The van der Waals surface area contributed by atoms with Crippen LogP contribution >= 0.6 is 0 Å². The number of pyridine rings is 1. The Balaban J connectivity index is 2.49. The van der Waals surface area contributed by atoms with Crippen molar-refractivity contribution in [3.63, 3.8) is 0 Å². The van der Waals surface area contributed by atoms with Crippen molar-refractivity contribution < 1.29 is 15.0 Å². The lowest BCUT2D eigenvalue weighted by Gasteiger charge is -2.05. The quantitative estimate of drug-likeness (QED) is 0.854. The topological polar surface area (TPSA) is 79.5 Å². The molecular weight excluding hydrogens is 234 g/mol. The number of phenols is 1. The van der Waals surface area contributed by atoms with Gasteiger partial charge in [0.1, 0.15) is 12.3 Å². The van der Waals surface area contributed by atoms with Crippen LogP contribution in [0.3, 0.4) is 0 Å². The van der Waals surface area contributed by atoms with Crippen LogP contribution in [0.1, 0.15) is 0 Å². The molecule has 92 valence electrons. The molecule has 0 saturated carbocycles. The van der Waals surface area contributed by atoms with Gasteiger partial charge in [-0.3, -0.25) is 9.59 Å². The van der Waals surface area contributed by atoms with Crippen LogP contribution in [0.5, 0.6) is 5.75 Å². The molecule has 18 heavy (non-hydrogen) atoms. The lowest BCUT2D eigenvalue weighted by molar-refractivity contribution is -0.137. The van der Waals surface area contributed by atoms with Gasteiger partial charge in [-0.1, -0.05) is 12.1 Å². The fourth-order valence-corrected chi connectivity index (χ4v) is 1.67. The molecule has 0 saturated heterocycles. The van der Waals surface area contributed by atoms with Gasteiger partial charge in [-0.15, -0.1) is 0 Å². The first-order valence-corrected chi connectivity index (χ1v) is 5.28. The molecule has 2 rings (SSSR count). The molecule has 0 aliphatic rings. The van der Waals surface area contributed by atoms with Crippen LogP contribution in [0.25, 0.3) is 11.1 Å². The van der Waals surface area contributed by atoms with Crippen molar-refractivity contribution in [2.45, 2.75) is 6.54 Å². The van der Waals surface area contributed by atoms with Gasteiger partial charge in [0.05, 0.1) is 0 Å². The van der Waals surface area contributed by atoms with E-state index in [0.717, 1.165) is 4.57 Å². The van der Waals surface area contributed by atoms with Gasteiger partial charge in [-0.05, 0) is 29.8 Å². The maximum absolute atomic E-state index is 12.0. The van der Waals surface area contributed by atoms with Gasteiger partial charge >= 0.3 is 5.97 Å². The van der Waals surface area contributed by atoms with Crippen molar-refractivity contribution in [3.05, 3.63) is 52.9 Å². The third-order valence-electron chi connectivity index (χ3n) is 2.50. The third-order valence-corrected chi connectivity index (χ3v) is 2.50. The summed E-state index contributed by atoms with van der Waals surface area (Å²) in [6, 6.07) is 9.40. The minimum absolute atomic E-state index is 0.112. The predicted molar refractivity (Wildman–Crippen MR) is 65.4 cm³/mol. The molecule has 0 fully saturated rings. The second-order valence-electron chi connectivity index (χ2n) is 3.80. The number of hydrogen-bond donors (Lipinski definition) is 2. The van der Waals surface area contributed by atoms with Crippen LogP contribution in [0.4, 0.5) is 0 Å². The molecule has 0 radical (unpaired) electrons. The number of carbonyl (C=O) groups is 1. The Morgan fingerprint density at radius 3 is 2.44 bits per heavy atom. The van der Waals surface area contributed by atoms with Gasteiger partial charge in [-0.25, -0.2) is 0 Å². The number of phenolic OH excluding ortho intramolecular Hbond substituents is 1. The van der Waals surface area contributed by atoms with Gasteiger partial charge in [0.25, 0.3) is 5.56 Å². The SMILES string of the molecule is O=C(O)Cn1cccc(-c2ccc(O)cc2)c1=O. The molecular formula is C13H11NO4. The summed E-state index contributed by atoms with van der Waals surface area (Å²) in [6.07, 6.45) is 1.43. The smallest absolute Gasteiger partial charge is 0.323 e. The Morgan fingerprint density at radius 2 is 1.83 bits per heavy atom. The molecule has 2 aromatic rings. The highest BCUT2D eigenvalue weighted by molar-refractivity contribution is 5.67. The summed E-state index contributed by atoms with van der Waals surface area (Å²) in [5.74, 6) is -0.958. The number of rotatable bonds is 3. The summed E-state index contributed by atoms with van der Waals surface area (Å²) in [7, 11) is 0. The van der Waals surface area contributed by atoms with Gasteiger partial charge in [0.2, 0.25) is 0 Å². The minimum Gasteiger partial charge on any atom is -0.508 e. The maximum Gasteiger partial charge on any atom is 0.323 e. The van der Waals surface area contributed by atoms with E-state index in [1.807, 2.05) is 0 Å². The number of hydrogen-bond acceptors (Lipinski definition) is 3. The fourth-order valence-electron chi connectivity index (χ4n) is 1.67.